The van der Waals surface area contributed by atoms with Gasteiger partial charge < -0.3 is 11.1 Å². The van der Waals surface area contributed by atoms with Gasteiger partial charge in [-0.1, -0.05) is 31.5 Å². The summed E-state index contributed by atoms with van der Waals surface area (Å²) in [6, 6.07) is 5.33. The molecular weight excluding hydrogens is 318 g/mol. The van der Waals surface area contributed by atoms with Crippen molar-refractivity contribution in [2.45, 2.75) is 33.2 Å². The van der Waals surface area contributed by atoms with Crippen LogP contribution in [0.1, 0.15) is 29.9 Å². The van der Waals surface area contributed by atoms with Crippen molar-refractivity contribution in [1.82, 2.24) is 4.98 Å². The lowest BCUT2D eigenvalue weighted by atomic mass is 10.1. The van der Waals surface area contributed by atoms with E-state index in [2.05, 4.69) is 10.3 Å². The van der Waals surface area contributed by atoms with Crippen molar-refractivity contribution in [2.24, 2.45) is 11.7 Å². The number of aromatic nitrogens is 1. The molecule has 2 aromatic rings. The van der Waals surface area contributed by atoms with E-state index in [9.17, 15) is 4.79 Å². The van der Waals surface area contributed by atoms with Gasteiger partial charge in [0.15, 0.2) is 5.13 Å². The van der Waals surface area contributed by atoms with Gasteiger partial charge in [-0.25, -0.2) is 4.98 Å². The van der Waals surface area contributed by atoms with E-state index >= 15 is 0 Å². The first-order chi connectivity index (χ1) is 10.4. The molecule has 0 aliphatic carbocycles. The fraction of sp³-hybridized carbons (Fsp3) is 0.375. The van der Waals surface area contributed by atoms with Crippen molar-refractivity contribution in [3.8, 4) is 0 Å². The number of carbonyl (C=O) groups excluding carboxylic acids is 1. The van der Waals surface area contributed by atoms with Crippen LogP contribution in [0.4, 0.5) is 5.13 Å². The lowest BCUT2D eigenvalue weighted by Crippen LogP contribution is -2.39. The standard InChI is InChI=1S/C16H20ClN3OS/c1-9(2)14(18)15(21)20-16-19-8-13(22-16)7-11-4-5-12(17)6-10(11)3/h4-6,8-9,14H,7,18H2,1-3H3,(H,19,20,21)/t14-/m0/s1. The van der Waals surface area contributed by atoms with Gasteiger partial charge in [-0.15, -0.1) is 11.3 Å². The summed E-state index contributed by atoms with van der Waals surface area (Å²) in [5.74, 6) is -0.102. The summed E-state index contributed by atoms with van der Waals surface area (Å²) < 4.78 is 0. The Bertz CT molecular complexity index is 669. The quantitative estimate of drug-likeness (QED) is 0.875. The molecule has 1 aromatic carbocycles. The Labute approximate surface area is 139 Å². The van der Waals surface area contributed by atoms with Crippen molar-refractivity contribution >= 4 is 34.0 Å². The van der Waals surface area contributed by atoms with Crippen LogP contribution in [-0.2, 0) is 11.2 Å². The van der Waals surface area contributed by atoms with Gasteiger partial charge in [0.25, 0.3) is 0 Å². The fourth-order valence-electron chi connectivity index (χ4n) is 1.98. The Morgan fingerprint density at radius 3 is 2.82 bits per heavy atom. The van der Waals surface area contributed by atoms with Gasteiger partial charge in [0.2, 0.25) is 5.91 Å². The maximum absolute atomic E-state index is 11.9. The summed E-state index contributed by atoms with van der Waals surface area (Å²) in [5.41, 5.74) is 8.17. The highest BCUT2D eigenvalue weighted by atomic mass is 35.5. The molecule has 3 N–H and O–H groups in total. The van der Waals surface area contributed by atoms with Crippen LogP contribution in [0, 0.1) is 12.8 Å². The average molecular weight is 338 g/mol. The molecule has 1 atom stereocenters. The van der Waals surface area contributed by atoms with Crippen LogP contribution in [0.25, 0.3) is 0 Å². The number of nitrogens with two attached hydrogens (primary N) is 1. The maximum Gasteiger partial charge on any atom is 0.243 e. The van der Waals surface area contributed by atoms with Gasteiger partial charge in [-0.05, 0) is 36.1 Å². The van der Waals surface area contributed by atoms with Crippen LogP contribution >= 0.6 is 22.9 Å². The Morgan fingerprint density at radius 2 is 2.18 bits per heavy atom. The second-order valence-corrected chi connectivity index (χ2v) is 7.19. The number of aryl methyl sites for hydroxylation is 1. The molecule has 2 rings (SSSR count). The normalized spacial score (nSPS) is 12.5. The molecule has 0 spiro atoms. The number of hydrogen-bond acceptors (Lipinski definition) is 4. The number of amides is 1. The van der Waals surface area contributed by atoms with E-state index in [1.54, 1.807) is 6.20 Å². The number of carbonyl (C=O) groups is 1. The number of nitrogens with one attached hydrogen (secondary N) is 1. The lowest BCUT2D eigenvalue weighted by molar-refractivity contribution is -0.118. The highest BCUT2D eigenvalue weighted by Gasteiger charge is 2.18. The number of hydrogen-bond donors (Lipinski definition) is 2. The van der Waals surface area contributed by atoms with E-state index in [4.69, 9.17) is 17.3 Å². The number of thiazole rings is 1. The molecule has 118 valence electrons. The molecule has 6 heteroatoms. The zero-order chi connectivity index (χ0) is 16.3. The first-order valence-corrected chi connectivity index (χ1v) is 8.32. The third kappa shape index (κ3) is 4.29. The number of benzene rings is 1. The van der Waals surface area contributed by atoms with Crippen LogP contribution in [0.3, 0.4) is 0 Å². The van der Waals surface area contributed by atoms with E-state index in [0.717, 1.165) is 21.9 Å². The summed E-state index contributed by atoms with van der Waals surface area (Å²) >= 11 is 7.43. The van der Waals surface area contributed by atoms with E-state index in [-0.39, 0.29) is 11.8 Å². The molecule has 4 nitrogen and oxygen atoms in total. The minimum atomic E-state index is -0.522. The maximum atomic E-state index is 11.9. The van der Waals surface area contributed by atoms with E-state index in [1.807, 2.05) is 39.0 Å². The van der Waals surface area contributed by atoms with Crippen LogP contribution in [0.2, 0.25) is 5.02 Å². The molecule has 0 saturated carbocycles. The van der Waals surface area contributed by atoms with Crippen molar-refractivity contribution in [3.05, 3.63) is 45.4 Å². The molecule has 1 heterocycles. The largest absolute Gasteiger partial charge is 0.320 e. The van der Waals surface area contributed by atoms with Gasteiger partial charge in [0.1, 0.15) is 0 Å². The van der Waals surface area contributed by atoms with Crippen molar-refractivity contribution < 1.29 is 4.79 Å². The van der Waals surface area contributed by atoms with Gasteiger partial charge in [0, 0.05) is 22.5 Å². The topological polar surface area (TPSA) is 68.0 Å². The minimum Gasteiger partial charge on any atom is -0.320 e. The fourth-order valence-corrected chi connectivity index (χ4v) is 3.05. The average Bonchev–Trinajstić information content (AvgIpc) is 2.88. The van der Waals surface area contributed by atoms with Crippen molar-refractivity contribution in [1.29, 1.82) is 0 Å². The van der Waals surface area contributed by atoms with E-state index in [1.165, 1.54) is 16.9 Å². The predicted octanol–water partition coefficient (Wildman–Crippen LogP) is 3.62. The van der Waals surface area contributed by atoms with Crippen LogP contribution in [0.15, 0.2) is 24.4 Å². The number of nitrogens with zero attached hydrogens (tertiary/aromatic N) is 1. The molecule has 1 amide bonds. The summed E-state index contributed by atoms with van der Waals surface area (Å²) in [6.07, 6.45) is 2.56. The van der Waals surface area contributed by atoms with Crippen molar-refractivity contribution in [3.63, 3.8) is 0 Å². The molecular formula is C16H20ClN3OS. The Hall–Kier alpha value is -1.43. The molecule has 22 heavy (non-hydrogen) atoms. The molecule has 0 bridgehead atoms. The smallest absolute Gasteiger partial charge is 0.243 e. The first-order valence-electron chi connectivity index (χ1n) is 7.13. The molecule has 0 aliphatic rings. The third-order valence-electron chi connectivity index (χ3n) is 3.47. The zero-order valence-electron chi connectivity index (χ0n) is 12.9. The summed E-state index contributed by atoms with van der Waals surface area (Å²) in [4.78, 5) is 17.3. The summed E-state index contributed by atoms with van der Waals surface area (Å²) in [7, 11) is 0. The minimum absolute atomic E-state index is 0.0937. The monoisotopic (exact) mass is 337 g/mol. The second kappa shape index (κ2) is 7.22. The van der Waals surface area contributed by atoms with E-state index in [0.29, 0.717) is 5.13 Å². The van der Waals surface area contributed by atoms with E-state index < -0.39 is 6.04 Å². The Balaban J connectivity index is 2.04. The summed E-state index contributed by atoms with van der Waals surface area (Å²) in [6.45, 7) is 5.87. The van der Waals surface area contributed by atoms with Gasteiger partial charge >= 0.3 is 0 Å². The first kappa shape index (κ1) is 16.9. The van der Waals surface area contributed by atoms with Crippen LogP contribution in [0.5, 0.6) is 0 Å². The Kier molecular flexibility index (Phi) is 5.56. The summed E-state index contributed by atoms with van der Waals surface area (Å²) in [5, 5.41) is 4.10. The molecule has 0 saturated heterocycles. The third-order valence-corrected chi connectivity index (χ3v) is 4.62. The van der Waals surface area contributed by atoms with Crippen LogP contribution in [-0.4, -0.2) is 16.9 Å². The number of halogens is 1. The SMILES string of the molecule is Cc1cc(Cl)ccc1Cc1cnc(NC(=O)[C@@H](N)C(C)C)s1. The van der Waals surface area contributed by atoms with Gasteiger partial charge in [-0.2, -0.15) is 0 Å². The van der Waals surface area contributed by atoms with Crippen molar-refractivity contribution in [2.75, 3.05) is 5.32 Å². The highest BCUT2D eigenvalue weighted by molar-refractivity contribution is 7.15. The number of rotatable bonds is 5. The molecule has 0 unspecified atom stereocenters. The molecule has 0 radical (unpaired) electrons. The molecule has 1 aromatic heterocycles. The zero-order valence-corrected chi connectivity index (χ0v) is 14.5. The molecule has 0 fully saturated rings. The Morgan fingerprint density at radius 1 is 1.45 bits per heavy atom. The predicted molar refractivity (Wildman–Crippen MR) is 92.6 cm³/mol. The van der Waals surface area contributed by atoms with Gasteiger partial charge in [-0.3, -0.25) is 4.79 Å². The second-order valence-electron chi connectivity index (χ2n) is 5.64. The van der Waals surface area contributed by atoms with Gasteiger partial charge in [0.05, 0.1) is 6.04 Å². The number of anilines is 1. The lowest BCUT2D eigenvalue weighted by Gasteiger charge is -2.13. The van der Waals surface area contributed by atoms with Crippen LogP contribution < -0.4 is 11.1 Å². The molecule has 0 aliphatic heterocycles. The highest BCUT2D eigenvalue weighted by Crippen LogP contribution is 2.24.